The van der Waals surface area contributed by atoms with Crippen LogP contribution in [0.25, 0.3) is 0 Å². The third-order valence-corrected chi connectivity index (χ3v) is 38.6. The van der Waals surface area contributed by atoms with E-state index in [1.165, 1.54) is 60.8 Å². The Morgan fingerprint density at radius 2 is 0.907 bits per heavy atom. The SMILES string of the molecule is CC(C)(C)c1cc(C[S]2=[Hf]=[S](Cc3cc(C(C)(C)C)cc(C(C)(C)C)c3O)[C@H]3CCCCCC[C@@H]32)c(O)c(C(C)(C)C)c1. The van der Waals surface area contributed by atoms with Crippen molar-refractivity contribution in [2.24, 2.45) is 0 Å². The first-order valence-electron chi connectivity index (χ1n) is 16.6. The molecule has 5 heteroatoms. The number of aromatic hydroxyl groups is 2. The minimum absolute atomic E-state index is 0.0522. The van der Waals surface area contributed by atoms with Crippen LogP contribution in [0.4, 0.5) is 0 Å². The van der Waals surface area contributed by atoms with Crippen molar-refractivity contribution in [1.29, 1.82) is 0 Å². The van der Waals surface area contributed by atoms with Crippen molar-refractivity contribution in [1.82, 2.24) is 0 Å². The van der Waals surface area contributed by atoms with Crippen molar-refractivity contribution in [2.45, 2.75) is 165 Å². The standard InChI is InChI=1S/C38H60O2S2.Hf/c1-35(2,3)27-19-25(33(39)29(21-27)37(7,8)9)23-41-31-17-15-13-14-16-18-32(31)42-24-26-20-28(36(4,5)6)22-30(34(26)40)38(10,11)12;/h19-22,31-32,39-40H,13-18,23-24H2,1-12H3;/t31-,32-;/m0./s1. The van der Waals surface area contributed by atoms with Crippen LogP contribution in [0.15, 0.2) is 24.3 Å². The summed E-state index contributed by atoms with van der Waals surface area (Å²) in [5, 5.41) is 25.1. The van der Waals surface area contributed by atoms with Crippen LogP contribution >= 0.6 is 14.4 Å². The molecule has 0 radical (unpaired) electrons. The Hall–Kier alpha value is -0.390. The van der Waals surface area contributed by atoms with E-state index < -0.39 is 18.9 Å². The second-order valence-corrected chi connectivity index (χ2v) is 38.2. The van der Waals surface area contributed by atoms with E-state index in [-0.39, 0.29) is 21.7 Å². The number of phenols is 2. The van der Waals surface area contributed by atoms with Gasteiger partial charge in [0.2, 0.25) is 0 Å². The predicted octanol–water partition coefficient (Wildman–Crippen LogP) is 11.5. The topological polar surface area (TPSA) is 40.5 Å². The van der Waals surface area contributed by atoms with Crippen LogP contribution in [0.5, 0.6) is 11.5 Å². The van der Waals surface area contributed by atoms with E-state index in [9.17, 15) is 10.2 Å². The van der Waals surface area contributed by atoms with E-state index in [0.29, 0.717) is 25.9 Å². The van der Waals surface area contributed by atoms with Gasteiger partial charge in [0.15, 0.2) is 0 Å². The third kappa shape index (κ3) is 8.31. The number of benzene rings is 2. The van der Waals surface area contributed by atoms with Crippen molar-refractivity contribution in [2.75, 3.05) is 0 Å². The van der Waals surface area contributed by atoms with Gasteiger partial charge in [-0.05, 0) is 0 Å². The van der Waals surface area contributed by atoms with Gasteiger partial charge < -0.3 is 0 Å². The average molecular weight is 792 g/mol. The fraction of sp³-hybridized carbons (Fsp3) is 0.684. The molecule has 4 atom stereocenters. The van der Waals surface area contributed by atoms with E-state index in [4.69, 9.17) is 0 Å². The summed E-state index contributed by atoms with van der Waals surface area (Å²) in [7, 11) is 0.832. The normalized spacial score (nSPS) is 23.6. The minimum atomic E-state index is -1.07. The summed E-state index contributed by atoms with van der Waals surface area (Å²) in [6, 6.07) is 9.28. The Balaban J connectivity index is 1.86. The quantitative estimate of drug-likeness (QED) is 0.303. The summed E-state index contributed by atoms with van der Waals surface area (Å²) >= 11 is -1.07. The molecule has 4 rings (SSSR count). The van der Waals surface area contributed by atoms with E-state index in [1.54, 1.807) is 0 Å². The molecule has 2 aliphatic rings. The van der Waals surface area contributed by atoms with Gasteiger partial charge in [-0.3, -0.25) is 0 Å². The summed E-state index contributed by atoms with van der Waals surface area (Å²) in [5.41, 5.74) is 7.28. The van der Waals surface area contributed by atoms with Crippen LogP contribution in [0.2, 0.25) is 0 Å². The number of rotatable bonds is 4. The molecule has 0 spiro atoms. The van der Waals surface area contributed by atoms with Crippen molar-refractivity contribution in [3.05, 3.63) is 57.6 Å². The molecule has 0 bridgehead atoms. The molecule has 2 unspecified atom stereocenters. The zero-order valence-corrected chi connectivity index (χ0v) is 34.6. The van der Waals surface area contributed by atoms with Crippen LogP contribution < -0.4 is 0 Å². The summed E-state index contributed by atoms with van der Waals surface area (Å²) < 4.78 is 0. The Morgan fingerprint density at radius 1 is 0.558 bits per heavy atom. The predicted molar refractivity (Wildman–Crippen MR) is 189 cm³/mol. The maximum atomic E-state index is 11.7. The fourth-order valence-electron chi connectivity index (χ4n) is 6.56. The second-order valence-electron chi connectivity index (χ2n) is 17.4. The zero-order valence-electron chi connectivity index (χ0n) is 29.3. The maximum absolute atomic E-state index is 11.7. The van der Waals surface area contributed by atoms with Crippen molar-refractivity contribution < 1.29 is 29.1 Å². The zero-order chi connectivity index (χ0) is 32.1. The van der Waals surface area contributed by atoms with Gasteiger partial charge >= 0.3 is 278 Å². The van der Waals surface area contributed by atoms with Crippen LogP contribution in [0, 0.1) is 0 Å². The monoisotopic (exact) mass is 792 g/mol. The van der Waals surface area contributed by atoms with Gasteiger partial charge in [0.25, 0.3) is 0 Å². The number of phenolic OH excluding ortho intramolecular Hbond substituents is 2. The Morgan fingerprint density at radius 3 is 1.21 bits per heavy atom. The van der Waals surface area contributed by atoms with Crippen LogP contribution in [-0.4, -0.2) is 20.7 Å². The molecule has 2 aromatic rings. The summed E-state index contributed by atoms with van der Waals surface area (Å²) in [4.78, 5) is 0. The molecule has 2 N–H and O–H groups in total. The number of hydrogen-bond acceptors (Lipinski definition) is 2. The molecule has 2 nitrogen and oxygen atoms in total. The van der Waals surface area contributed by atoms with E-state index in [0.717, 1.165) is 33.1 Å². The summed E-state index contributed by atoms with van der Waals surface area (Å²) in [6.45, 7) is 27.2. The van der Waals surface area contributed by atoms with Crippen LogP contribution in [-0.2, 0) is 52.0 Å². The molecular weight excluding hydrogens is 731 g/mol. The number of hydrogen-bond donors (Lipinski definition) is 2. The van der Waals surface area contributed by atoms with Crippen LogP contribution in [0.3, 0.4) is 0 Å². The molecule has 0 amide bonds. The fourth-order valence-corrected chi connectivity index (χ4v) is 45.6. The van der Waals surface area contributed by atoms with Crippen LogP contribution in [0.1, 0.15) is 155 Å². The van der Waals surface area contributed by atoms with Gasteiger partial charge in [-0.15, -0.1) is 0 Å². The molecule has 1 heterocycles. The molecule has 2 aromatic carbocycles. The van der Waals surface area contributed by atoms with Gasteiger partial charge in [-0.1, -0.05) is 0 Å². The molecule has 1 aliphatic heterocycles. The second kappa shape index (κ2) is 13.0. The summed E-state index contributed by atoms with van der Waals surface area (Å²) in [6.07, 6.45) is 8.24. The van der Waals surface area contributed by atoms with Crippen molar-refractivity contribution in [3.63, 3.8) is 0 Å². The Bertz CT molecular complexity index is 1310. The van der Waals surface area contributed by atoms with E-state index >= 15 is 0 Å². The Kier molecular flexibility index (Phi) is 10.7. The molecule has 1 aliphatic carbocycles. The third-order valence-electron chi connectivity index (χ3n) is 9.43. The van der Waals surface area contributed by atoms with Gasteiger partial charge in [-0.25, -0.2) is 0 Å². The van der Waals surface area contributed by atoms with Crippen molar-refractivity contribution in [3.8, 4) is 11.5 Å². The molecule has 240 valence electrons. The number of fused-ring (bicyclic) bond motifs is 1. The molecular formula is C38H60HfO2S2. The molecule has 0 aromatic heterocycles. The van der Waals surface area contributed by atoms with Gasteiger partial charge in [0, 0.05) is 0 Å². The van der Waals surface area contributed by atoms with Gasteiger partial charge in [0.05, 0.1) is 0 Å². The molecule has 43 heavy (non-hydrogen) atoms. The van der Waals surface area contributed by atoms with Gasteiger partial charge in [-0.2, -0.15) is 0 Å². The molecule has 0 saturated heterocycles. The first kappa shape index (κ1) is 35.5. The van der Waals surface area contributed by atoms with E-state index in [2.05, 4.69) is 107 Å². The molecule has 1 fully saturated rings. The average Bonchev–Trinajstić information content (AvgIpc) is 3.12. The first-order valence-corrected chi connectivity index (χ1v) is 28.3. The Labute approximate surface area is 276 Å². The van der Waals surface area contributed by atoms with E-state index in [1.807, 2.05) is 0 Å². The van der Waals surface area contributed by atoms with Crippen molar-refractivity contribution >= 4 is 14.4 Å². The molecule has 1 saturated carbocycles. The van der Waals surface area contributed by atoms with Gasteiger partial charge in [0.1, 0.15) is 0 Å². The summed E-state index contributed by atoms with van der Waals surface area (Å²) in [5.74, 6) is 3.29. The first-order chi connectivity index (χ1) is 19.7.